The topological polar surface area (TPSA) is 125 Å². The van der Waals surface area contributed by atoms with Crippen LogP contribution in [0.5, 0.6) is 5.75 Å². The van der Waals surface area contributed by atoms with Crippen LogP contribution in [0, 0.1) is 10.1 Å². The van der Waals surface area contributed by atoms with Crippen molar-refractivity contribution in [2.75, 3.05) is 19.8 Å². The van der Waals surface area contributed by atoms with Crippen molar-refractivity contribution in [1.29, 1.82) is 0 Å². The Kier molecular flexibility index (Phi) is 8.75. The number of hydrogen-bond donors (Lipinski definition) is 1. The zero-order valence-electron chi connectivity index (χ0n) is 16.6. The monoisotopic (exact) mass is 436 g/mol. The molecule has 0 heterocycles. The van der Waals surface area contributed by atoms with E-state index in [1.807, 2.05) is 0 Å². The van der Waals surface area contributed by atoms with Crippen molar-refractivity contribution in [2.45, 2.75) is 31.1 Å². The van der Waals surface area contributed by atoms with E-state index in [9.17, 15) is 23.3 Å². The maximum Gasteiger partial charge on any atom is 0.339 e. The van der Waals surface area contributed by atoms with E-state index >= 15 is 0 Å². The van der Waals surface area contributed by atoms with Crippen molar-refractivity contribution in [3.63, 3.8) is 0 Å². The molecule has 0 spiro atoms. The minimum absolute atomic E-state index is 0.0117. The molecule has 0 unspecified atom stereocenters. The first-order chi connectivity index (χ1) is 14.3. The fraction of sp³-hybridized carbons (Fsp3) is 0.350. The fourth-order valence-corrected chi connectivity index (χ4v) is 3.39. The van der Waals surface area contributed by atoms with Crippen LogP contribution >= 0.6 is 0 Å². The van der Waals surface area contributed by atoms with Crippen LogP contribution in [0.3, 0.4) is 0 Å². The van der Waals surface area contributed by atoms with Gasteiger partial charge in [0.15, 0.2) is 0 Å². The molecular formula is C20H24N2O7S. The van der Waals surface area contributed by atoms with Crippen molar-refractivity contribution in [3.05, 3.63) is 64.2 Å². The fourth-order valence-electron chi connectivity index (χ4n) is 2.42. The van der Waals surface area contributed by atoms with Crippen molar-refractivity contribution in [3.8, 4) is 5.75 Å². The van der Waals surface area contributed by atoms with Gasteiger partial charge in [0.1, 0.15) is 10.6 Å². The summed E-state index contributed by atoms with van der Waals surface area (Å²) in [5.74, 6) is -0.306. The number of nitrogens with zero attached hydrogens (tertiary/aromatic N) is 1. The Balaban J connectivity index is 1.90. The van der Waals surface area contributed by atoms with Gasteiger partial charge in [0, 0.05) is 37.5 Å². The number of hydrogen-bond acceptors (Lipinski definition) is 7. The molecule has 0 aromatic heterocycles. The molecule has 30 heavy (non-hydrogen) atoms. The lowest BCUT2D eigenvalue weighted by atomic mass is 10.2. The average Bonchev–Trinajstić information content (AvgIpc) is 2.73. The highest BCUT2D eigenvalue weighted by Crippen LogP contribution is 2.22. The molecule has 0 radical (unpaired) electrons. The molecule has 0 aliphatic heterocycles. The van der Waals surface area contributed by atoms with E-state index < -0.39 is 15.0 Å². The molecule has 2 aromatic rings. The minimum atomic E-state index is -4.25. The smallest absolute Gasteiger partial charge is 0.339 e. The summed E-state index contributed by atoms with van der Waals surface area (Å²) in [6.45, 7) is 3.83. The molecule has 162 valence electrons. The molecule has 0 fully saturated rings. The zero-order chi connectivity index (χ0) is 22.0. The molecule has 0 atom stereocenters. The molecule has 1 amide bonds. The quantitative estimate of drug-likeness (QED) is 0.234. The predicted molar refractivity (Wildman–Crippen MR) is 110 cm³/mol. The highest BCUT2D eigenvalue weighted by atomic mass is 32.2. The molecule has 0 saturated carbocycles. The highest BCUT2D eigenvalue weighted by Gasteiger charge is 2.20. The lowest BCUT2D eigenvalue weighted by Crippen LogP contribution is -2.25. The number of benzene rings is 2. The number of rotatable bonds is 12. The van der Waals surface area contributed by atoms with Crippen LogP contribution < -0.4 is 9.50 Å². The third kappa shape index (κ3) is 7.12. The number of nitro groups is 1. The average molecular weight is 436 g/mol. The van der Waals surface area contributed by atoms with Gasteiger partial charge in [-0.05, 0) is 43.2 Å². The van der Waals surface area contributed by atoms with Crippen molar-refractivity contribution < 1.29 is 27.1 Å². The second kappa shape index (κ2) is 11.3. The summed E-state index contributed by atoms with van der Waals surface area (Å²) in [5.41, 5.74) is -0.00976. The van der Waals surface area contributed by atoms with Crippen LogP contribution in [0.15, 0.2) is 53.4 Å². The number of non-ortho nitro benzene ring substituents is 1. The summed E-state index contributed by atoms with van der Waals surface area (Å²) >= 11 is 0. The molecule has 2 rings (SSSR count). The van der Waals surface area contributed by atoms with E-state index in [0.717, 1.165) is 18.9 Å². The highest BCUT2D eigenvalue weighted by molar-refractivity contribution is 7.87. The maximum atomic E-state index is 12.3. The second-order valence-corrected chi connectivity index (χ2v) is 7.94. The first-order valence-corrected chi connectivity index (χ1v) is 10.9. The van der Waals surface area contributed by atoms with Gasteiger partial charge in [-0.3, -0.25) is 14.9 Å². The molecule has 2 aromatic carbocycles. The van der Waals surface area contributed by atoms with Gasteiger partial charge in [-0.2, -0.15) is 8.42 Å². The number of carbonyl (C=O) groups is 1. The summed E-state index contributed by atoms with van der Waals surface area (Å²) < 4.78 is 35.1. The van der Waals surface area contributed by atoms with Gasteiger partial charge in [-0.25, -0.2) is 0 Å². The maximum absolute atomic E-state index is 12.3. The third-order valence-electron chi connectivity index (χ3n) is 4.03. The molecule has 0 aliphatic rings. The lowest BCUT2D eigenvalue weighted by molar-refractivity contribution is -0.385. The molecule has 1 N–H and O–H groups in total. The Morgan fingerprint density at radius 1 is 1.10 bits per heavy atom. The Labute approximate surface area is 175 Å². The minimum Gasteiger partial charge on any atom is -0.381 e. The van der Waals surface area contributed by atoms with Crippen molar-refractivity contribution in [1.82, 2.24) is 5.32 Å². The first kappa shape index (κ1) is 23.3. The summed E-state index contributed by atoms with van der Waals surface area (Å²) in [7, 11) is -4.25. The molecule has 9 nitrogen and oxygen atoms in total. The predicted octanol–water partition coefficient (Wildman–Crippen LogP) is 3.30. The summed E-state index contributed by atoms with van der Waals surface area (Å²) in [6.07, 6.45) is 2.78. The van der Waals surface area contributed by atoms with E-state index in [4.69, 9.17) is 8.92 Å². The normalized spacial score (nSPS) is 11.1. The Hall–Kier alpha value is -2.98. The number of carbonyl (C=O) groups excluding carboxylic acids is 1. The van der Waals surface area contributed by atoms with Gasteiger partial charge < -0.3 is 14.2 Å². The van der Waals surface area contributed by atoms with E-state index in [2.05, 4.69) is 12.2 Å². The van der Waals surface area contributed by atoms with Gasteiger partial charge in [0.05, 0.1) is 4.92 Å². The molecule has 0 aliphatic carbocycles. The number of nitrogens with one attached hydrogen (secondary N) is 1. The molecule has 0 bridgehead atoms. The van der Waals surface area contributed by atoms with Crippen LogP contribution in [-0.2, 0) is 14.9 Å². The summed E-state index contributed by atoms with van der Waals surface area (Å²) in [6, 6.07) is 10.1. The van der Waals surface area contributed by atoms with Gasteiger partial charge in [-0.15, -0.1) is 0 Å². The summed E-state index contributed by atoms with van der Waals surface area (Å²) in [5, 5.41) is 13.6. The van der Waals surface area contributed by atoms with Crippen LogP contribution in [0.2, 0.25) is 0 Å². The Bertz CT molecular complexity index is 959. The number of ether oxygens (including phenoxy) is 1. The van der Waals surface area contributed by atoms with E-state index in [1.54, 1.807) is 0 Å². The van der Waals surface area contributed by atoms with Crippen molar-refractivity contribution >= 4 is 21.7 Å². The van der Waals surface area contributed by atoms with E-state index in [-0.39, 0.29) is 22.2 Å². The number of unbranched alkanes of at least 4 members (excludes halogenated alkanes) is 1. The third-order valence-corrected chi connectivity index (χ3v) is 5.28. The molecule has 10 heteroatoms. The SMILES string of the molecule is CCCCOCCCNC(=O)c1ccc(OS(=O)(=O)c2cccc([N+](=O)[O-])c2)cc1. The van der Waals surface area contributed by atoms with E-state index in [1.165, 1.54) is 42.5 Å². The van der Waals surface area contributed by atoms with Crippen molar-refractivity contribution in [2.24, 2.45) is 0 Å². The van der Waals surface area contributed by atoms with Gasteiger partial charge in [-0.1, -0.05) is 19.4 Å². The van der Waals surface area contributed by atoms with Crippen LogP contribution in [-0.4, -0.2) is 39.0 Å². The van der Waals surface area contributed by atoms with Gasteiger partial charge in [0.25, 0.3) is 11.6 Å². The van der Waals surface area contributed by atoms with Crippen LogP contribution in [0.25, 0.3) is 0 Å². The molecule has 0 saturated heterocycles. The summed E-state index contributed by atoms with van der Waals surface area (Å²) in [4.78, 5) is 21.9. The first-order valence-electron chi connectivity index (χ1n) is 9.48. The van der Waals surface area contributed by atoms with Gasteiger partial charge >= 0.3 is 10.1 Å². The molecular weight excluding hydrogens is 412 g/mol. The van der Waals surface area contributed by atoms with Crippen LogP contribution in [0.4, 0.5) is 5.69 Å². The largest absolute Gasteiger partial charge is 0.381 e. The number of amides is 1. The van der Waals surface area contributed by atoms with Crippen LogP contribution in [0.1, 0.15) is 36.5 Å². The zero-order valence-corrected chi connectivity index (χ0v) is 17.4. The standard InChI is InChI=1S/C20H24N2O7S/c1-2-3-13-28-14-5-12-21-20(23)16-8-10-18(11-9-16)29-30(26,27)19-7-4-6-17(15-19)22(24)25/h4,6-11,15H,2-3,5,12-14H2,1H3,(H,21,23). The number of nitro benzene ring substituents is 1. The Morgan fingerprint density at radius 2 is 1.80 bits per heavy atom. The lowest BCUT2D eigenvalue weighted by Gasteiger charge is -2.09. The van der Waals surface area contributed by atoms with E-state index in [0.29, 0.717) is 31.7 Å². The van der Waals surface area contributed by atoms with Gasteiger partial charge in [0.2, 0.25) is 0 Å². The Morgan fingerprint density at radius 3 is 2.47 bits per heavy atom. The second-order valence-electron chi connectivity index (χ2n) is 6.39.